The van der Waals surface area contributed by atoms with Crippen LogP contribution >= 0.6 is 0 Å². The van der Waals surface area contributed by atoms with Gasteiger partial charge >= 0.3 is 5.97 Å². The van der Waals surface area contributed by atoms with Gasteiger partial charge in [0.1, 0.15) is 0 Å². The van der Waals surface area contributed by atoms with E-state index in [4.69, 9.17) is 15.2 Å². The normalized spacial score (nSPS) is 23.3. The van der Waals surface area contributed by atoms with Gasteiger partial charge in [0.05, 0.1) is 19.2 Å². The van der Waals surface area contributed by atoms with Gasteiger partial charge in [-0.05, 0) is 13.8 Å². The average Bonchev–Trinajstić information content (AvgIpc) is 2.52. The quantitative estimate of drug-likeness (QED) is 0.614. The minimum atomic E-state index is -0.596. The Morgan fingerprint density at radius 1 is 1.92 bits per heavy atom. The van der Waals surface area contributed by atoms with E-state index in [9.17, 15) is 4.79 Å². The smallest absolute Gasteiger partial charge is 0.349 e. The number of ether oxygens (including phenoxy) is 2. The molecule has 0 fully saturated rings. The molecule has 1 unspecified atom stereocenters. The Bertz CT molecular complexity index is 225. The largest absolute Gasteiger partial charge is 0.463 e. The summed E-state index contributed by atoms with van der Waals surface area (Å²) in [6, 6.07) is -0.264. The summed E-state index contributed by atoms with van der Waals surface area (Å²) < 4.78 is 9.96. The van der Waals surface area contributed by atoms with Crippen molar-refractivity contribution >= 4 is 11.9 Å². The van der Waals surface area contributed by atoms with Crippen LogP contribution in [0.3, 0.4) is 0 Å². The molecule has 0 aliphatic carbocycles. The van der Waals surface area contributed by atoms with Gasteiger partial charge in [-0.3, -0.25) is 0 Å². The van der Waals surface area contributed by atoms with E-state index < -0.39 is 6.10 Å². The first-order valence-electron chi connectivity index (χ1n) is 4.28. The number of carbonyl (C=O) groups excluding carboxylic acids is 1. The molecule has 0 saturated heterocycles. The van der Waals surface area contributed by atoms with Crippen molar-refractivity contribution in [2.75, 3.05) is 13.2 Å². The molecule has 0 aromatic carbocycles. The third kappa shape index (κ3) is 2.42. The number of rotatable bonds is 3. The third-order valence-corrected chi connectivity index (χ3v) is 1.61. The molecule has 0 bridgehead atoms. The Morgan fingerprint density at radius 3 is 3.08 bits per heavy atom. The van der Waals surface area contributed by atoms with Crippen molar-refractivity contribution in [3.05, 3.63) is 0 Å². The first kappa shape index (κ1) is 9.98. The van der Waals surface area contributed by atoms with E-state index in [0.717, 1.165) is 0 Å². The summed E-state index contributed by atoms with van der Waals surface area (Å²) in [5.41, 5.74) is 5.53. The van der Waals surface area contributed by atoms with Crippen LogP contribution in [0.4, 0.5) is 0 Å². The van der Waals surface area contributed by atoms with Gasteiger partial charge in [-0.1, -0.05) is 0 Å². The molecular weight excluding hydrogens is 172 g/mol. The fourth-order valence-corrected chi connectivity index (χ4v) is 1.00. The number of hydrogen-bond acceptors (Lipinski definition) is 5. The van der Waals surface area contributed by atoms with Crippen LogP contribution in [0.15, 0.2) is 4.99 Å². The Balaban J connectivity index is 2.41. The van der Waals surface area contributed by atoms with Crippen LogP contribution in [-0.4, -0.2) is 37.2 Å². The summed E-state index contributed by atoms with van der Waals surface area (Å²) in [7, 11) is 0. The molecule has 0 amide bonds. The maximum absolute atomic E-state index is 11.2. The van der Waals surface area contributed by atoms with E-state index in [0.29, 0.717) is 19.0 Å². The molecular formula is C8H14N2O3. The van der Waals surface area contributed by atoms with Crippen molar-refractivity contribution in [2.24, 2.45) is 10.7 Å². The lowest BCUT2D eigenvalue weighted by Gasteiger charge is -2.11. The molecule has 1 aliphatic rings. The summed E-state index contributed by atoms with van der Waals surface area (Å²) >= 11 is 0. The van der Waals surface area contributed by atoms with Gasteiger partial charge in [-0.15, -0.1) is 0 Å². The van der Waals surface area contributed by atoms with Crippen LogP contribution in [0, 0.1) is 0 Å². The zero-order chi connectivity index (χ0) is 9.84. The van der Waals surface area contributed by atoms with Gasteiger partial charge in [0.2, 0.25) is 12.0 Å². The second-order valence-electron chi connectivity index (χ2n) is 2.83. The van der Waals surface area contributed by atoms with Crippen molar-refractivity contribution in [3.63, 3.8) is 0 Å². The molecule has 0 aromatic rings. The molecule has 1 heterocycles. The first-order valence-corrected chi connectivity index (χ1v) is 4.28. The van der Waals surface area contributed by atoms with E-state index in [1.807, 2.05) is 0 Å². The predicted molar refractivity (Wildman–Crippen MR) is 47.5 cm³/mol. The minimum absolute atomic E-state index is 0.264. The van der Waals surface area contributed by atoms with Crippen LogP contribution in [0.25, 0.3) is 0 Å². The van der Waals surface area contributed by atoms with Crippen molar-refractivity contribution in [1.82, 2.24) is 0 Å². The van der Waals surface area contributed by atoms with E-state index in [1.54, 1.807) is 13.8 Å². The topological polar surface area (TPSA) is 73.9 Å². The van der Waals surface area contributed by atoms with E-state index in [1.165, 1.54) is 0 Å². The van der Waals surface area contributed by atoms with Gasteiger partial charge in [0.15, 0.2) is 0 Å². The fraction of sp³-hybridized carbons (Fsp3) is 0.750. The van der Waals surface area contributed by atoms with Crippen LogP contribution in [0.1, 0.15) is 13.8 Å². The van der Waals surface area contributed by atoms with Gasteiger partial charge in [0, 0.05) is 0 Å². The van der Waals surface area contributed by atoms with Crippen molar-refractivity contribution in [2.45, 2.75) is 26.0 Å². The molecule has 5 heteroatoms. The van der Waals surface area contributed by atoms with Crippen LogP contribution < -0.4 is 5.73 Å². The second kappa shape index (κ2) is 4.23. The standard InChI is InChI=1S/C8H14N2O3/c1-3-12-8(11)6-4-10-7(13-6)5(2)9/h5-6H,3-4,9H2,1-2H3/t5?,6-/m0/s1. The molecule has 0 aromatic heterocycles. The zero-order valence-electron chi connectivity index (χ0n) is 7.82. The van der Waals surface area contributed by atoms with Gasteiger partial charge in [-0.25, -0.2) is 9.79 Å². The zero-order valence-corrected chi connectivity index (χ0v) is 7.82. The fourth-order valence-electron chi connectivity index (χ4n) is 1.00. The number of nitrogens with zero attached hydrogens (tertiary/aromatic N) is 1. The molecule has 0 saturated carbocycles. The van der Waals surface area contributed by atoms with E-state index >= 15 is 0 Å². The average molecular weight is 186 g/mol. The molecule has 1 rings (SSSR count). The summed E-state index contributed by atoms with van der Waals surface area (Å²) in [5, 5.41) is 0. The molecule has 1 aliphatic heterocycles. The molecule has 2 N–H and O–H groups in total. The molecule has 2 atom stereocenters. The van der Waals surface area contributed by atoms with E-state index in [2.05, 4.69) is 4.99 Å². The number of esters is 1. The molecule has 74 valence electrons. The minimum Gasteiger partial charge on any atom is -0.463 e. The summed E-state index contributed by atoms with van der Waals surface area (Å²) in [5.74, 6) is 0.0555. The van der Waals surface area contributed by atoms with Crippen LogP contribution in [0.5, 0.6) is 0 Å². The maximum atomic E-state index is 11.2. The Kier molecular flexibility index (Phi) is 3.25. The van der Waals surface area contributed by atoms with Crippen molar-refractivity contribution < 1.29 is 14.3 Å². The Morgan fingerprint density at radius 2 is 2.62 bits per heavy atom. The lowest BCUT2D eigenvalue weighted by atomic mass is 10.4. The lowest BCUT2D eigenvalue weighted by Crippen LogP contribution is -2.32. The predicted octanol–water partition coefficient (Wildman–Crippen LogP) is -0.306. The monoisotopic (exact) mass is 186 g/mol. The molecule has 13 heavy (non-hydrogen) atoms. The highest BCUT2D eigenvalue weighted by atomic mass is 16.6. The summed E-state index contributed by atoms with van der Waals surface area (Å²) in [6.45, 7) is 4.18. The van der Waals surface area contributed by atoms with Gasteiger partial charge in [-0.2, -0.15) is 0 Å². The Labute approximate surface area is 76.9 Å². The highest BCUT2D eigenvalue weighted by molar-refractivity contribution is 5.87. The SMILES string of the molecule is CCOC(=O)[C@@H]1CN=C(C(C)N)O1. The Hall–Kier alpha value is -1.10. The van der Waals surface area contributed by atoms with Crippen molar-refractivity contribution in [1.29, 1.82) is 0 Å². The number of hydrogen-bond donors (Lipinski definition) is 1. The summed E-state index contributed by atoms with van der Waals surface area (Å²) in [4.78, 5) is 15.1. The molecule has 0 spiro atoms. The van der Waals surface area contributed by atoms with Crippen molar-refractivity contribution in [3.8, 4) is 0 Å². The molecule has 0 radical (unpaired) electrons. The van der Waals surface area contributed by atoms with Gasteiger partial charge < -0.3 is 15.2 Å². The first-order chi connectivity index (χ1) is 6.15. The summed E-state index contributed by atoms with van der Waals surface area (Å²) in [6.07, 6.45) is -0.596. The third-order valence-electron chi connectivity index (χ3n) is 1.61. The number of aliphatic imine (C=N–C) groups is 1. The second-order valence-corrected chi connectivity index (χ2v) is 2.83. The van der Waals surface area contributed by atoms with Crippen LogP contribution in [0.2, 0.25) is 0 Å². The number of carbonyl (C=O) groups is 1. The highest BCUT2D eigenvalue weighted by Gasteiger charge is 2.29. The number of nitrogens with two attached hydrogens (primary N) is 1. The molecule has 5 nitrogen and oxygen atoms in total. The highest BCUT2D eigenvalue weighted by Crippen LogP contribution is 2.08. The van der Waals surface area contributed by atoms with Gasteiger partial charge in [0.25, 0.3) is 0 Å². The maximum Gasteiger partial charge on any atom is 0.349 e. The lowest BCUT2D eigenvalue weighted by molar-refractivity contribution is -0.150. The van der Waals surface area contributed by atoms with E-state index in [-0.39, 0.29) is 12.0 Å². The van der Waals surface area contributed by atoms with Crippen LogP contribution in [-0.2, 0) is 14.3 Å².